The molecule has 0 amide bonds. The van der Waals surface area contributed by atoms with E-state index in [0.717, 1.165) is 0 Å². The summed E-state index contributed by atoms with van der Waals surface area (Å²) < 4.78 is 27.6. The molecule has 0 saturated carbocycles. The first kappa shape index (κ1) is 13.9. The first-order valence-electron chi connectivity index (χ1n) is 5.40. The number of sulfone groups is 1. The third-order valence-electron chi connectivity index (χ3n) is 2.64. The molecule has 1 N–H and O–H groups in total. The maximum Gasteiger partial charge on any atom is 0.273 e. The fourth-order valence-electron chi connectivity index (χ4n) is 1.75. The molecule has 1 fully saturated rings. The number of nitrogens with one attached hydrogen (secondary N) is 1. The van der Waals surface area contributed by atoms with Crippen LogP contribution < -0.4 is 10.3 Å². The molecular weight excluding hydrogens is 290 g/mol. The number of ether oxygens (including phenoxy) is 1. The lowest BCUT2D eigenvalue weighted by molar-refractivity contribution is 0.389. The molecule has 0 aromatic carbocycles. The van der Waals surface area contributed by atoms with Crippen molar-refractivity contribution in [1.82, 2.24) is 9.97 Å². The van der Waals surface area contributed by atoms with Crippen LogP contribution >= 0.6 is 11.8 Å². The Morgan fingerprint density at radius 2 is 2.32 bits per heavy atom. The summed E-state index contributed by atoms with van der Waals surface area (Å²) in [4.78, 5) is 18.1. The van der Waals surface area contributed by atoms with Gasteiger partial charge in [0.2, 0.25) is 5.88 Å². The van der Waals surface area contributed by atoms with E-state index in [1.54, 1.807) is 6.07 Å². The Labute approximate surface area is 113 Å². The van der Waals surface area contributed by atoms with Crippen molar-refractivity contribution in [2.24, 2.45) is 0 Å². The van der Waals surface area contributed by atoms with Crippen LogP contribution in [-0.4, -0.2) is 42.3 Å². The summed E-state index contributed by atoms with van der Waals surface area (Å²) >= 11 is 1.18. The van der Waals surface area contributed by atoms with Crippen LogP contribution in [-0.2, 0) is 9.84 Å². The Kier molecular flexibility index (Phi) is 3.82. The van der Waals surface area contributed by atoms with E-state index < -0.39 is 15.4 Å². The molecule has 0 radical (unpaired) electrons. The minimum absolute atomic E-state index is 0.0467. The summed E-state index contributed by atoms with van der Waals surface area (Å²) in [7, 11) is -1.66. The van der Waals surface area contributed by atoms with Crippen LogP contribution in [0.5, 0.6) is 5.88 Å². The second kappa shape index (κ2) is 5.22. The summed E-state index contributed by atoms with van der Waals surface area (Å²) in [6.45, 7) is 0. The van der Waals surface area contributed by atoms with E-state index in [2.05, 4.69) is 9.97 Å². The molecule has 9 heteroatoms. The second-order valence-electron chi connectivity index (χ2n) is 4.01. The number of nitriles is 1. The predicted molar refractivity (Wildman–Crippen MR) is 69.0 cm³/mol. The number of methoxy groups -OCH3 is 1. The molecule has 1 aromatic heterocycles. The molecule has 0 bridgehead atoms. The number of thioether (sulfide) groups is 1. The van der Waals surface area contributed by atoms with Crippen molar-refractivity contribution in [3.63, 3.8) is 0 Å². The number of hydrogen-bond acceptors (Lipinski definition) is 7. The lowest BCUT2D eigenvalue weighted by Gasteiger charge is -2.08. The van der Waals surface area contributed by atoms with Gasteiger partial charge in [-0.2, -0.15) is 10.2 Å². The van der Waals surface area contributed by atoms with Gasteiger partial charge >= 0.3 is 0 Å². The highest BCUT2D eigenvalue weighted by atomic mass is 32.2. The summed E-state index contributed by atoms with van der Waals surface area (Å²) in [5.41, 5.74) is -0.774. The van der Waals surface area contributed by atoms with E-state index in [9.17, 15) is 13.2 Å². The molecule has 1 aliphatic rings. The van der Waals surface area contributed by atoms with Crippen LogP contribution in [0, 0.1) is 11.3 Å². The Morgan fingerprint density at radius 1 is 1.58 bits per heavy atom. The average Bonchev–Trinajstić information content (AvgIpc) is 2.67. The molecule has 102 valence electrons. The van der Waals surface area contributed by atoms with Gasteiger partial charge in [0.15, 0.2) is 20.6 Å². The molecule has 2 rings (SSSR count). The molecule has 1 unspecified atom stereocenters. The average molecular weight is 301 g/mol. The van der Waals surface area contributed by atoms with Crippen LogP contribution in [0.3, 0.4) is 0 Å². The smallest absolute Gasteiger partial charge is 0.273 e. The van der Waals surface area contributed by atoms with E-state index in [1.165, 1.54) is 18.9 Å². The largest absolute Gasteiger partial charge is 0.480 e. The number of aromatic nitrogens is 2. The van der Waals surface area contributed by atoms with Crippen LogP contribution in [0.2, 0.25) is 0 Å². The topological polar surface area (TPSA) is 113 Å². The first-order chi connectivity index (χ1) is 8.95. The lowest BCUT2D eigenvalue weighted by Crippen LogP contribution is -2.16. The normalized spacial score (nSPS) is 20.9. The molecule has 0 aliphatic carbocycles. The van der Waals surface area contributed by atoms with Crippen molar-refractivity contribution in [3.05, 3.63) is 15.9 Å². The third kappa shape index (κ3) is 3.08. The number of rotatable bonds is 3. The molecule has 1 atom stereocenters. The van der Waals surface area contributed by atoms with Gasteiger partial charge in [-0.1, -0.05) is 11.8 Å². The van der Waals surface area contributed by atoms with Gasteiger partial charge in [0.05, 0.1) is 18.6 Å². The zero-order valence-electron chi connectivity index (χ0n) is 10.0. The van der Waals surface area contributed by atoms with Gasteiger partial charge in [0.1, 0.15) is 6.07 Å². The second-order valence-corrected chi connectivity index (χ2v) is 7.53. The van der Waals surface area contributed by atoms with Gasteiger partial charge in [-0.3, -0.25) is 4.79 Å². The predicted octanol–water partition coefficient (Wildman–Crippen LogP) is -0.0706. The van der Waals surface area contributed by atoms with Crippen molar-refractivity contribution in [1.29, 1.82) is 5.26 Å². The zero-order valence-corrected chi connectivity index (χ0v) is 11.7. The molecule has 1 saturated heterocycles. The minimum Gasteiger partial charge on any atom is -0.480 e. The van der Waals surface area contributed by atoms with Crippen LogP contribution in [0.4, 0.5) is 0 Å². The SMILES string of the molecule is COc1nc(SC2CCS(=O)(=O)C2)[nH]c(=O)c1C#N. The quantitative estimate of drug-likeness (QED) is 0.777. The lowest BCUT2D eigenvalue weighted by atomic mass is 10.3. The summed E-state index contributed by atoms with van der Waals surface area (Å²) in [5, 5.41) is 8.93. The highest BCUT2D eigenvalue weighted by Gasteiger charge is 2.29. The van der Waals surface area contributed by atoms with Crippen molar-refractivity contribution in [2.75, 3.05) is 18.6 Å². The number of H-pyrrole nitrogens is 1. The maximum atomic E-state index is 11.6. The van der Waals surface area contributed by atoms with Gasteiger partial charge < -0.3 is 9.72 Å². The van der Waals surface area contributed by atoms with Crippen molar-refractivity contribution in [2.45, 2.75) is 16.8 Å². The fraction of sp³-hybridized carbons (Fsp3) is 0.500. The zero-order chi connectivity index (χ0) is 14.0. The summed E-state index contributed by atoms with van der Waals surface area (Å²) in [6.07, 6.45) is 0.527. The number of nitrogens with zero attached hydrogens (tertiary/aromatic N) is 2. The first-order valence-corrected chi connectivity index (χ1v) is 8.11. The van der Waals surface area contributed by atoms with E-state index in [-0.39, 0.29) is 33.4 Å². The van der Waals surface area contributed by atoms with Gasteiger partial charge in [-0.15, -0.1) is 0 Å². The highest BCUT2D eigenvalue weighted by molar-refractivity contribution is 8.01. The Morgan fingerprint density at radius 3 is 2.84 bits per heavy atom. The molecule has 19 heavy (non-hydrogen) atoms. The summed E-state index contributed by atoms with van der Waals surface area (Å²) in [5.74, 6) is 0.182. The van der Waals surface area contributed by atoms with E-state index >= 15 is 0 Å². The Hall–Kier alpha value is -1.53. The third-order valence-corrected chi connectivity index (χ3v) is 5.77. The fourth-order valence-corrected chi connectivity index (χ4v) is 5.17. The van der Waals surface area contributed by atoms with Gasteiger partial charge in [0.25, 0.3) is 5.56 Å². The van der Waals surface area contributed by atoms with E-state index in [0.29, 0.717) is 6.42 Å². The number of aromatic amines is 1. The highest BCUT2D eigenvalue weighted by Crippen LogP contribution is 2.29. The molecule has 7 nitrogen and oxygen atoms in total. The van der Waals surface area contributed by atoms with Gasteiger partial charge in [-0.25, -0.2) is 8.42 Å². The molecule has 0 spiro atoms. The maximum absolute atomic E-state index is 11.6. The Balaban J connectivity index is 2.26. The van der Waals surface area contributed by atoms with Crippen LogP contribution in [0.15, 0.2) is 9.95 Å². The van der Waals surface area contributed by atoms with Crippen molar-refractivity contribution >= 4 is 21.6 Å². The summed E-state index contributed by atoms with van der Waals surface area (Å²) in [6, 6.07) is 1.71. The minimum atomic E-state index is -2.98. The monoisotopic (exact) mass is 301 g/mol. The standard InChI is InChI=1S/C10H11N3O4S2/c1-17-9-7(4-11)8(14)12-10(13-9)18-6-2-3-19(15,16)5-6/h6H,2-3,5H2,1H3,(H,12,13,14). The van der Waals surface area contributed by atoms with Crippen molar-refractivity contribution < 1.29 is 13.2 Å². The van der Waals surface area contributed by atoms with E-state index in [4.69, 9.17) is 10.00 Å². The van der Waals surface area contributed by atoms with Crippen LogP contribution in [0.1, 0.15) is 12.0 Å². The molecule has 1 aromatic rings. The number of hydrogen-bond donors (Lipinski definition) is 1. The Bertz CT molecular complexity index is 690. The molecule has 1 aliphatic heterocycles. The van der Waals surface area contributed by atoms with Gasteiger partial charge in [0, 0.05) is 5.25 Å². The van der Waals surface area contributed by atoms with E-state index in [1.807, 2.05) is 0 Å². The van der Waals surface area contributed by atoms with Crippen molar-refractivity contribution in [3.8, 4) is 11.9 Å². The molecule has 2 heterocycles. The molecular formula is C10H11N3O4S2. The van der Waals surface area contributed by atoms with Gasteiger partial charge in [-0.05, 0) is 6.42 Å². The van der Waals surface area contributed by atoms with Crippen LogP contribution in [0.25, 0.3) is 0 Å².